The summed E-state index contributed by atoms with van der Waals surface area (Å²) < 4.78 is 0. The molecule has 0 amide bonds. The third kappa shape index (κ3) is 38.5. The van der Waals surface area contributed by atoms with Crippen LogP contribution in [0.4, 0.5) is 0 Å². The van der Waals surface area contributed by atoms with Crippen molar-refractivity contribution in [2.45, 2.75) is 0 Å². The van der Waals surface area contributed by atoms with Gasteiger partial charge in [0.05, 0.1) is 22.8 Å². The highest BCUT2D eigenvalue weighted by Crippen LogP contribution is 1.68. The van der Waals surface area contributed by atoms with Crippen LogP contribution in [-0.4, -0.2) is 10.7 Å². The van der Waals surface area contributed by atoms with Crippen molar-refractivity contribution in [2.24, 2.45) is 0 Å². The van der Waals surface area contributed by atoms with E-state index in [1.807, 2.05) is 12.1 Å². The van der Waals surface area contributed by atoms with Gasteiger partial charge in [0.15, 0.2) is 0 Å². The molecule has 0 N–H and O–H groups in total. The van der Waals surface area contributed by atoms with E-state index in [-0.39, 0.29) is 0 Å². The van der Waals surface area contributed by atoms with Crippen LogP contribution in [0.1, 0.15) is 0 Å². The molecule has 0 bridgehead atoms. The first kappa shape index (κ1) is 10.8. The number of alkyl halides is 2. The zero-order valence-corrected chi connectivity index (χ0v) is 7.24. The van der Waals surface area contributed by atoms with Gasteiger partial charge in [0.1, 0.15) is 0 Å². The van der Waals surface area contributed by atoms with Crippen LogP contribution >= 0.6 is 31.9 Å². The lowest BCUT2D eigenvalue weighted by Gasteiger charge is -1.44. The Labute approximate surface area is 65.4 Å². The Kier molecular flexibility index (Phi) is 21.4. The van der Waals surface area contributed by atoms with Gasteiger partial charge in [-0.15, -0.1) is 0 Å². The van der Waals surface area contributed by atoms with Crippen molar-refractivity contribution in [3.63, 3.8) is 0 Å². The van der Waals surface area contributed by atoms with E-state index in [1.54, 1.807) is 0 Å². The van der Waals surface area contributed by atoms with E-state index in [0.29, 0.717) is 10.7 Å². The molecule has 0 aliphatic rings. The lowest BCUT2D eigenvalue weighted by Crippen LogP contribution is -1.45. The van der Waals surface area contributed by atoms with Crippen molar-refractivity contribution in [3.8, 4) is 12.1 Å². The number of hydrogen-bond donors (Lipinski definition) is 0. The van der Waals surface area contributed by atoms with Gasteiger partial charge in [-0.3, -0.25) is 0 Å². The van der Waals surface area contributed by atoms with Crippen LogP contribution in [0.25, 0.3) is 0 Å². The molecule has 0 spiro atoms. The molecule has 0 saturated heterocycles. The van der Waals surface area contributed by atoms with Crippen molar-refractivity contribution in [1.82, 2.24) is 0 Å². The van der Waals surface area contributed by atoms with Gasteiger partial charge >= 0.3 is 0 Å². The largest absolute Gasteiger partial charge is 0.197 e. The summed E-state index contributed by atoms with van der Waals surface area (Å²) in [5, 5.41) is 16.0. The molecule has 0 aromatic rings. The number of halogens is 2. The Hall–Kier alpha value is -0.0600. The second-order valence-electron chi connectivity index (χ2n) is 0.583. The summed E-state index contributed by atoms with van der Waals surface area (Å²) in [6.07, 6.45) is 0. The Morgan fingerprint density at radius 3 is 1.12 bits per heavy atom. The highest BCUT2D eigenvalue weighted by Gasteiger charge is 1.52. The van der Waals surface area contributed by atoms with Gasteiger partial charge in [-0.25, -0.2) is 0 Å². The summed E-state index contributed by atoms with van der Waals surface area (Å²) in [5.74, 6) is 0. The SMILES string of the molecule is N#CCBr.N#CCBr. The molecule has 0 aromatic carbocycles. The number of hydrogen-bond acceptors (Lipinski definition) is 2. The number of nitrogens with zero attached hydrogens (tertiary/aromatic N) is 2. The molecule has 0 radical (unpaired) electrons. The number of rotatable bonds is 0. The maximum absolute atomic E-state index is 7.58. The van der Waals surface area contributed by atoms with Gasteiger partial charge in [0.25, 0.3) is 0 Å². The van der Waals surface area contributed by atoms with Crippen LogP contribution < -0.4 is 0 Å². The van der Waals surface area contributed by atoms with Gasteiger partial charge in [0, 0.05) is 0 Å². The highest BCUT2D eigenvalue weighted by atomic mass is 79.9. The lowest BCUT2D eigenvalue weighted by molar-refractivity contribution is 1.50. The monoisotopic (exact) mass is 238 g/mol. The van der Waals surface area contributed by atoms with Crippen molar-refractivity contribution in [2.75, 3.05) is 10.7 Å². The average Bonchev–Trinajstić information content (AvgIpc) is 1.88. The van der Waals surface area contributed by atoms with Crippen LogP contribution in [-0.2, 0) is 0 Å². The van der Waals surface area contributed by atoms with E-state index in [4.69, 9.17) is 10.5 Å². The molecule has 0 aromatic heterocycles. The van der Waals surface area contributed by atoms with E-state index < -0.39 is 0 Å². The summed E-state index contributed by atoms with van der Waals surface area (Å²) in [7, 11) is 0. The van der Waals surface area contributed by atoms with Gasteiger partial charge in [-0.1, -0.05) is 31.9 Å². The number of nitriles is 2. The van der Waals surface area contributed by atoms with E-state index in [0.717, 1.165) is 0 Å². The third-order valence-electron chi connectivity index (χ3n) is 0.120. The average molecular weight is 240 g/mol. The smallest absolute Gasteiger partial charge is 0.0905 e. The van der Waals surface area contributed by atoms with Crippen molar-refractivity contribution in [3.05, 3.63) is 0 Å². The first-order valence-electron chi connectivity index (χ1n) is 1.69. The summed E-state index contributed by atoms with van der Waals surface area (Å²) >= 11 is 5.77. The van der Waals surface area contributed by atoms with E-state index >= 15 is 0 Å². The standard InChI is InChI=1S/2C2H2BrN/c2*3-1-2-4/h2*1H2. The minimum atomic E-state index is 0.438. The molecule has 4 heteroatoms. The zero-order valence-electron chi connectivity index (χ0n) is 4.06. The quantitative estimate of drug-likeness (QED) is 0.606. The van der Waals surface area contributed by atoms with Crippen LogP contribution in [0.5, 0.6) is 0 Å². The zero-order chi connectivity index (χ0) is 6.83. The Morgan fingerprint density at radius 1 is 1.00 bits per heavy atom. The van der Waals surface area contributed by atoms with Gasteiger partial charge in [0.2, 0.25) is 0 Å². The Bertz CT molecular complexity index is 85.6. The molecular formula is C4H4Br2N2. The molecule has 0 aliphatic heterocycles. The second-order valence-corrected chi connectivity index (χ2v) is 1.70. The molecule has 0 saturated carbocycles. The van der Waals surface area contributed by atoms with Crippen molar-refractivity contribution in [1.29, 1.82) is 10.5 Å². The van der Waals surface area contributed by atoms with Crippen molar-refractivity contribution >= 4 is 31.9 Å². The maximum Gasteiger partial charge on any atom is 0.0905 e. The molecule has 0 heterocycles. The fourth-order valence-electron chi connectivity index (χ4n) is 0. The molecule has 0 fully saturated rings. The van der Waals surface area contributed by atoms with Crippen LogP contribution in [0.2, 0.25) is 0 Å². The third-order valence-corrected chi connectivity index (χ3v) is 0.621. The highest BCUT2D eigenvalue weighted by molar-refractivity contribution is 9.09. The minimum Gasteiger partial charge on any atom is -0.197 e. The molecule has 2 nitrogen and oxygen atoms in total. The van der Waals surface area contributed by atoms with Crippen LogP contribution in [0, 0.1) is 22.7 Å². The first-order chi connectivity index (χ1) is 3.83. The molecular weight excluding hydrogens is 236 g/mol. The van der Waals surface area contributed by atoms with Gasteiger partial charge in [-0.2, -0.15) is 10.5 Å². The van der Waals surface area contributed by atoms with E-state index in [9.17, 15) is 0 Å². The minimum absolute atomic E-state index is 0.438. The summed E-state index contributed by atoms with van der Waals surface area (Å²) in [4.78, 5) is 0. The van der Waals surface area contributed by atoms with E-state index in [2.05, 4.69) is 31.9 Å². The molecule has 44 valence electrons. The van der Waals surface area contributed by atoms with E-state index in [1.165, 1.54) is 0 Å². The summed E-state index contributed by atoms with van der Waals surface area (Å²) in [6, 6.07) is 3.69. The van der Waals surface area contributed by atoms with Crippen LogP contribution in [0.3, 0.4) is 0 Å². The second kappa shape index (κ2) is 15.8. The molecule has 0 atom stereocenters. The molecule has 0 rings (SSSR count). The summed E-state index contributed by atoms with van der Waals surface area (Å²) in [6.45, 7) is 0. The lowest BCUT2D eigenvalue weighted by atomic mass is 10.9. The predicted molar refractivity (Wildman–Crippen MR) is 38.8 cm³/mol. The van der Waals surface area contributed by atoms with Crippen molar-refractivity contribution < 1.29 is 0 Å². The van der Waals surface area contributed by atoms with Gasteiger partial charge < -0.3 is 0 Å². The maximum atomic E-state index is 7.58. The van der Waals surface area contributed by atoms with Crippen LogP contribution in [0.15, 0.2) is 0 Å². The molecule has 8 heavy (non-hydrogen) atoms. The molecule has 0 unspecified atom stereocenters. The fraction of sp³-hybridized carbons (Fsp3) is 0.500. The topological polar surface area (TPSA) is 47.6 Å². The fourth-order valence-corrected chi connectivity index (χ4v) is 0. The van der Waals surface area contributed by atoms with Gasteiger partial charge in [-0.05, 0) is 0 Å². The Morgan fingerprint density at radius 2 is 1.12 bits per heavy atom. The summed E-state index contributed by atoms with van der Waals surface area (Å²) in [5.41, 5.74) is 0. The first-order valence-corrected chi connectivity index (χ1v) is 3.93. The predicted octanol–water partition coefficient (Wildman–Crippen LogP) is 1.81. The Balaban J connectivity index is 0. The molecule has 0 aliphatic carbocycles. The normalized spacial score (nSPS) is 5.00.